The molecule has 1 aliphatic heterocycles. The molecule has 0 N–H and O–H groups in total. The number of rotatable bonds is 7. The van der Waals surface area contributed by atoms with Crippen LogP contribution in [-0.2, 0) is 25.1 Å². The van der Waals surface area contributed by atoms with Gasteiger partial charge in [-0.1, -0.05) is 60.7 Å². The number of hydrogen-bond donors (Lipinski definition) is 0. The molecule has 1 aliphatic rings. The van der Waals surface area contributed by atoms with Crippen molar-refractivity contribution in [2.75, 3.05) is 20.3 Å². The predicted octanol–water partition coefficient (Wildman–Crippen LogP) is 2.30. The van der Waals surface area contributed by atoms with Crippen LogP contribution in [0.1, 0.15) is 22.8 Å². The fourth-order valence-corrected chi connectivity index (χ4v) is 4.94. The van der Waals surface area contributed by atoms with Crippen LogP contribution in [0.5, 0.6) is 0 Å². The summed E-state index contributed by atoms with van der Waals surface area (Å²) in [5, 5.41) is -1.29. The van der Waals surface area contributed by atoms with Crippen molar-refractivity contribution < 1.29 is 18.5 Å². The van der Waals surface area contributed by atoms with E-state index >= 15 is 0 Å². The zero-order valence-corrected chi connectivity index (χ0v) is 15.4. The van der Waals surface area contributed by atoms with E-state index in [9.17, 15) is 13.8 Å². The molecular weight excluding hydrogens is 350 g/mol. The molecule has 0 aliphatic carbocycles. The number of amides is 2. The summed E-state index contributed by atoms with van der Waals surface area (Å²) in [6.45, 7) is 0.473. The maximum absolute atomic E-state index is 13.4. The maximum Gasteiger partial charge on any atom is 0.245 e. The van der Waals surface area contributed by atoms with E-state index in [-0.39, 0.29) is 31.4 Å². The molecule has 1 fully saturated rings. The topological polar surface area (TPSA) is 63.7 Å². The Balaban J connectivity index is 1.92. The van der Waals surface area contributed by atoms with Crippen molar-refractivity contribution in [2.45, 2.75) is 16.9 Å². The van der Waals surface area contributed by atoms with Gasteiger partial charge in [0.05, 0.1) is 24.8 Å². The number of nitrogens with zero attached hydrogens (tertiary/aromatic N) is 1. The number of ether oxygens (including phenoxy) is 1. The van der Waals surface area contributed by atoms with Crippen LogP contribution < -0.4 is 0 Å². The molecule has 5 nitrogen and oxygen atoms in total. The summed E-state index contributed by atoms with van der Waals surface area (Å²) in [5.74, 6) is -0.660. The van der Waals surface area contributed by atoms with E-state index in [1.807, 2.05) is 60.7 Å². The van der Waals surface area contributed by atoms with Crippen LogP contribution in [0.25, 0.3) is 0 Å². The zero-order valence-electron chi connectivity index (χ0n) is 14.5. The lowest BCUT2D eigenvalue weighted by Crippen LogP contribution is -2.36. The van der Waals surface area contributed by atoms with Gasteiger partial charge >= 0.3 is 0 Å². The second kappa shape index (κ2) is 8.38. The van der Waals surface area contributed by atoms with Gasteiger partial charge in [0.2, 0.25) is 11.8 Å². The Kier molecular flexibility index (Phi) is 5.96. The third kappa shape index (κ3) is 3.76. The van der Waals surface area contributed by atoms with Crippen LogP contribution in [0.3, 0.4) is 0 Å². The van der Waals surface area contributed by atoms with Crippen LogP contribution in [-0.4, -0.2) is 46.4 Å². The van der Waals surface area contributed by atoms with Gasteiger partial charge in [0.25, 0.3) is 0 Å². The first-order valence-electron chi connectivity index (χ1n) is 8.46. The van der Waals surface area contributed by atoms with E-state index in [4.69, 9.17) is 4.74 Å². The van der Waals surface area contributed by atoms with Gasteiger partial charge in [-0.2, -0.15) is 0 Å². The van der Waals surface area contributed by atoms with Gasteiger partial charge in [0.1, 0.15) is 5.25 Å². The lowest BCUT2D eigenvalue weighted by molar-refractivity contribution is -0.138. The van der Waals surface area contributed by atoms with Gasteiger partial charge in [-0.15, -0.1) is 0 Å². The number of imide groups is 1. The van der Waals surface area contributed by atoms with E-state index in [2.05, 4.69) is 0 Å². The molecule has 2 amide bonds. The molecule has 0 spiro atoms. The summed E-state index contributed by atoms with van der Waals surface area (Å²) in [7, 11) is -0.0496. The molecule has 0 bridgehead atoms. The summed E-state index contributed by atoms with van der Waals surface area (Å²) in [6.07, 6.45) is -0.0225. The molecular formula is C20H21NO4S. The summed E-state index contributed by atoms with van der Waals surface area (Å²) in [4.78, 5) is 26.1. The fourth-order valence-electron chi connectivity index (χ4n) is 3.13. The summed E-state index contributed by atoms with van der Waals surface area (Å²) in [6, 6.07) is 18.9. The van der Waals surface area contributed by atoms with Crippen molar-refractivity contribution in [1.82, 2.24) is 4.90 Å². The minimum Gasteiger partial charge on any atom is -0.383 e. The minimum atomic E-state index is -1.56. The van der Waals surface area contributed by atoms with Crippen molar-refractivity contribution in [3.63, 3.8) is 0 Å². The lowest BCUT2D eigenvalue weighted by atomic mass is 10.0. The normalized spacial score (nSPS) is 18.5. The Hall–Kier alpha value is -2.31. The van der Waals surface area contributed by atoms with Crippen molar-refractivity contribution in [3.8, 4) is 0 Å². The SMILES string of the molecule is COCCN1C(=O)CC(S(=O)C(c2ccccc2)c2ccccc2)C1=O. The third-order valence-electron chi connectivity index (χ3n) is 4.44. The molecule has 26 heavy (non-hydrogen) atoms. The summed E-state index contributed by atoms with van der Waals surface area (Å²) < 4.78 is 18.4. The molecule has 136 valence electrons. The molecule has 0 aromatic heterocycles. The van der Waals surface area contributed by atoms with E-state index in [1.165, 1.54) is 12.0 Å². The van der Waals surface area contributed by atoms with E-state index in [0.717, 1.165) is 11.1 Å². The average Bonchev–Trinajstić information content (AvgIpc) is 2.96. The Morgan fingerprint density at radius 1 is 1.04 bits per heavy atom. The summed E-state index contributed by atoms with van der Waals surface area (Å²) >= 11 is 0. The van der Waals surface area contributed by atoms with Crippen LogP contribution >= 0.6 is 0 Å². The predicted molar refractivity (Wildman–Crippen MR) is 99.9 cm³/mol. The molecule has 2 aromatic carbocycles. The van der Waals surface area contributed by atoms with E-state index in [1.54, 1.807) is 0 Å². The number of carbonyl (C=O) groups is 2. The largest absolute Gasteiger partial charge is 0.383 e. The van der Waals surface area contributed by atoms with Crippen LogP contribution in [0, 0.1) is 0 Å². The smallest absolute Gasteiger partial charge is 0.245 e. The molecule has 0 radical (unpaired) electrons. The second-order valence-corrected chi connectivity index (χ2v) is 7.80. The highest BCUT2D eigenvalue weighted by Crippen LogP contribution is 2.33. The van der Waals surface area contributed by atoms with Crippen molar-refractivity contribution >= 4 is 22.6 Å². The van der Waals surface area contributed by atoms with E-state index < -0.39 is 21.3 Å². The van der Waals surface area contributed by atoms with Crippen molar-refractivity contribution in [3.05, 3.63) is 71.8 Å². The van der Waals surface area contributed by atoms with Gasteiger partial charge in [-0.3, -0.25) is 18.7 Å². The van der Waals surface area contributed by atoms with Gasteiger partial charge in [-0.25, -0.2) is 0 Å². The lowest BCUT2D eigenvalue weighted by Gasteiger charge is -2.21. The number of carbonyl (C=O) groups excluding carboxylic acids is 2. The monoisotopic (exact) mass is 371 g/mol. The van der Waals surface area contributed by atoms with Gasteiger partial charge in [-0.05, 0) is 11.1 Å². The Bertz CT molecular complexity index is 754. The van der Waals surface area contributed by atoms with Gasteiger partial charge < -0.3 is 4.74 Å². The highest BCUT2D eigenvalue weighted by atomic mass is 32.2. The molecule has 3 rings (SSSR count). The molecule has 6 heteroatoms. The average molecular weight is 371 g/mol. The fraction of sp³-hybridized carbons (Fsp3) is 0.300. The first kappa shape index (κ1) is 18.5. The summed E-state index contributed by atoms with van der Waals surface area (Å²) in [5.41, 5.74) is 1.74. The van der Waals surface area contributed by atoms with E-state index in [0.29, 0.717) is 0 Å². The number of benzene rings is 2. The third-order valence-corrected chi connectivity index (χ3v) is 6.38. The standard InChI is InChI=1S/C20H21NO4S/c1-25-13-12-21-18(22)14-17(20(21)23)26(24)19(15-8-4-2-5-9-15)16-10-6-3-7-11-16/h2-11,17,19H,12-14H2,1H3. The molecule has 2 aromatic rings. The number of hydrogen-bond acceptors (Lipinski definition) is 4. The quantitative estimate of drug-likeness (QED) is 0.701. The van der Waals surface area contributed by atoms with Crippen LogP contribution in [0.15, 0.2) is 60.7 Å². The Morgan fingerprint density at radius 2 is 1.58 bits per heavy atom. The Labute approximate surface area is 155 Å². The minimum absolute atomic E-state index is 0.0225. The highest BCUT2D eigenvalue weighted by Gasteiger charge is 2.44. The number of likely N-dealkylation sites (tertiary alicyclic amines) is 1. The Morgan fingerprint density at radius 3 is 2.08 bits per heavy atom. The van der Waals surface area contributed by atoms with Crippen molar-refractivity contribution in [2.24, 2.45) is 0 Å². The molecule has 2 atom stereocenters. The van der Waals surface area contributed by atoms with Gasteiger partial charge in [0, 0.05) is 17.9 Å². The molecule has 1 heterocycles. The zero-order chi connectivity index (χ0) is 18.5. The van der Waals surface area contributed by atoms with Gasteiger partial charge in [0.15, 0.2) is 0 Å². The van der Waals surface area contributed by atoms with Crippen LogP contribution in [0.2, 0.25) is 0 Å². The second-order valence-electron chi connectivity index (χ2n) is 6.10. The molecule has 1 saturated heterocycles. The van der Waals surface area contributed by atoms with Crippen LogP contribution in [0.4, 0.5) is 0 Å². The highest BCUT2D eigenvalue weighted by molar-refractivity contribution is 7.87. The molecule has 0 saturated carbocycles. The van der Waals surface area contributed by atoms with Crippen molar-refractivity contribution in [1.29, 1.82) is 0 Å². The maximum atomic E-state index is 13.4. The first-order valence-corrected chi connectivity index (χ1v) is 9.73. The first-order chi connectivity index (χ1) is 12.6. The number of methoxy groups -OCH3 is 1. The molecule has 2 unspecified atom stereocenters.